The molecular weight excluding hydrogens is 392 g/mol. The molecule has 2 aromatic carbocycles. The molecule has 3 aromatic rings. The molecule has 0 unspecified atom stereocenters. The van der Waals surface area contributed by atoms with Gasteiger partial charge in [-0.15, -0.1) is 0 Å². The summed E-state index contributed by atoms with van der Waals surface area (Å²) in [5.41, 5.74) is 2.39. The minimum atomic E-state index is -0.885. The Bertz CT molecular complexity index is 1060. The first-order valence-electron chi connectivity index (χ1n) is 9.00. The van der Waals surface area contributed by atoms with Crippen molar-refractivity contribution in [1.82, 2.24) is 9.97 Å². The van der Waals surface area contributed by atoms with Crippen LogP contribution in [0.15, 0.2) is 47.6 Å². The largest absolute Gasteiger partial charge is 0.491 e. The van der Waals surface area contributed by atoms with Crippen molar-refractivity contribution in [3.63, 3.8) is 0 Å². The molecule has 0 aliphatic rings. The molecule has 0 fully saturated rings. The SMILES string of the molecule is Cc1nc(SCc2cccc(F)c2F)nc(-c2ccc(OC(C)C)cc2)c1C#N. The number of nitriles is 1. The molecule has 0 radical (unpaired) electrons. The van der Waals surface area contributed by atoms with E-state index in [-0.39, 0.29) is 17.4 Å². The fourth-order valence-corrected chi connectivity index (χ4v) is 3.59. The summed E-state index contributed by atoms with van der Waals surface area (Å²) in [5.74, 6) is -0.852. The van der Waals surface area contributed by atoms with Gasteiger partial charge in [0.1, 0.15) is 11.8 Å². The van der Waals surface area contributed by atoms with Crippen molar-refractivity contribution in [3.05, 3.63) is 70.9 Å². The number of aryl methyl sites for hydroxylation is 1. The molecule has 0 atom stereocenters. The number of hydrogen-bond donors (Lipinski definition) is 0. The predicted octanol–water partition coefficient (Wildman–Crippen LogP) is 5.68. The summed E-state index contributed by atoms with van der Waals surface area (Å²) in [6.07, 6.45) is 0.0584. The van der Waals surface area contributed by atoms with Crippen LogP contribution in [0.3, 0.4) is 0 Å². The summed E-state index contributed by atoms with van der Waals surface area (Å²) in [7, 11) is 0. The van der Waals surface area contributed by atoms with Crippen LogP contribution in [0.4, 0.5) is 8.78 Å². The Morgan fingerprint density at radius 3 is 2.48 bits per heavy atom. The smallest absolute Gasteiger partial charge is 0.188 e. The number of ether oxygens (including phenoxy) is 1. The van der Waals surface area contributed by atoms with E-state index in [1.54, 1.807) is 6.92 Å². The highest BCUT2D eigenvalue weighted by atomic mass is 32.2. The molecule has 148 valence electrons. The number of halogens is 2. The zero-order chi connectivity index (χ0) is 21.0. The van der Waals surface area contributed by atoms with Crippen molar-refractivity contribution < 1.29 is 13.5 Å². The van der Waals surface area contributed by atoms with Crippen LogP contribution in [-0.2, 0) is 5.75 Å². The Morgan fingerprint density at radius 2 is 1.83 bits per heavy atom. The van der Waals surface area contributed by atoms with Gasteiger partial charge in [-0.3, -0.25) is 0 Å². The Hall–Kier alpha value is -2.98. The third-order valence-electron chi connectivity index (χ3n) is 4.07. The van der Waals surface area contributed by atoms with E-state index >= 15 is 0 Å². The van der Waals surface area contributed by atoms with Gasteiger partial charge in [0.15, 0.2) is 16.8 Å². The van der Waals surface area contributed by atoms with E-state index in [0.717, 1.165) is 17.4 Å². The molecule has 0 aliphatic carbocycles. The van der Waals surface area contributed by atoms with Crippen LogP contribution in [0.5, 0.6) is 5.75 Å². The molecule has 1 heterocycles. The molecule has 0 spiro atoms. The Labute approximate surface area is 172 Å². The van der Waals surface area contributed by atoms with Crippen LogP contribution in [0, 0.1) is 29.9 Å². The van der Waals surface area contributed by atoms with Crippen LogP contribution in [0.25, 0.3) is 11.3 Å². The van der Waals surface area contributed by atoms with Crippen LogP contribution >= 0.6 is 11.8 Å². The monoisotopic (exact) mass is 411 g/mol. The topological polar surface area (TPSA) is 58.8 Å². The number of thioether (sulfide) groups is 1. The summed E-state index contributed by atoms with van der Waals surface area (Å²) in [6.45, 7) is 5.62. The molecule has 4 nitrogen and oxygen atoms in total. The van der Waals surface area contributed by atoms with Crippen molar-refractivity contribution in [1.29, 1.82) is 5.26 Å². The zero-order valence-corrected chi connectivity index (χ0v) is 17.1. The Kier molecular flexibility index (Phi) is 6.45. The van der Waals surface area contributed by atoms with Crippen LogP contribution < -0.4 is 4.74 Å². The minimum Gasteiger partial charge on any atom is -0.491 e. The van der Waals surface area contributed by atoms with Crippen molar-refractivity contribution in [2.75, 3.05) is 0 Å². The van der Waals surface area contributed by atoms with Gasteiger partial charge in [-0.05, 0) is 51.1 Å². The zero-order valence-electron chi connectivity index (χ0n) is 16.2. The van der Waals surface area contributed by atoms with Crippen molar-refractivity contribution in [2.45, 2.75) is 37.8 Å². The normalized spacial score (nSPS) is 10.8. The number of rotatable bonds is 6. The first-order chi connectivity index (χ1) is 13.9. The maximum absolute atomic E-state index is 13.9. The molecule has 1 aromatic heterocycles. The van der Waals surface area contributed by atoms with Crippen LogP contribution in [0.2, 0.25) is 0 Å². The van der Waals surface area contributed by atoms with Crippen LogP contribution in [0.1, 0.15) is 30.7 Å². The van der Waals surface area contributed by atoms with Gasteiger partial charge < -0.3 is 4.74 Å². The molecule has 0 saturated carbocycles. The van der Waals surface area contributed by atoms with E-state index < -0.39 is 11.6 Å². The highest BCUT2D eigenvalue weighted by Crippen LogP contribution is 2.29. The first-order valence-corrected chi connectivity index (χ1v) is 9.99. The lowest BCUT2D eigenvalue weighted by molar-refractivity contribution is 0.242. The average Bonchev–Trinajstić information content (AvgIpc) is 2.69. The predicted molar refractivity (Wildman–Crippen MR) is 109 cm³/mol. The highest BCUT2D eigenvalue weighted by Gasteiger charge is 2.15. The Balaban J connectivity index is 1.90. The van der Waals surface area contributed by atoms with Gasteiger partial charge in [0, 0.05) is 16.9 Å². The summed E-state index contributed by atoms with van der Waals surface area (Å²) in [5, 5.41) is 9.94. The molecule has 29 heavy (non-hydrogen) atoms. The fourth-order valence-electron chi connectivity index (χ4n) is 2.72. The molecule has 0 saturated heterocycles. The highest BCUT2D eigenvalue weighted by molar-refractivity contribution is 7.98. The number of aromatic nitrogens is 2. The molecular formula is C22H19F2N3OS. The second kappa shape index (κ2) is 9.01. The molecule has 0 amide bonds. The van der Waals surface area contributed by atoms with Gasteiger partial charge in [0.2, 0.25) is 0 Å². The van der Waals surface area contributed by atoms with Gasteiger partial charge in [-0.1, -0.05) is 23.9 Å². The van der Waals surface area contributed by atoms with Gasteiger partial charge in [0.05, 0.1) is 23.1 Å². The molecule has 3 rings (SSSR count). The number of nitrogens with zero attached hydrogens (tertiary/aromatic N) is 3. The maximum atomic E-state index is 13.9. The lowest BCUT2D eigenvalue weighted by Crippen LogP contribution is -2.05. The van der Waals surface area contributed by atoms with E-state index in [4.69, 9.17) is 4.74 Å². The first kappa shape index (κ1) is 20.7. The third kappa shape index (κ3) is 4.90. The van der Waals surface area contributed by atoms with Crippen molar-refractivity contribution in [2.24, 2.45) is 0 Å². The number of benzene rings is 2. The van der Waals surface area contributed by atoms with Gasteiger partial charge in [-0.2, -0.15) is 5.26 Å². The van der Waals surface area contributed by atoms with E-state index in [9.17, 15) is 14.0 Å². The molecule has 0 N–H and O–H groups in total. The fraction of sp³-hybridized carbons (Fsp3) is 0.227. The van der Waals surface area contributed by atoms with E-state index in [1.165, 1.54) is 23.9 Å². The van der Waals surface area contributed by atoms with Gasteiger partial charge in [0.25, 0.3) is 0 Å². The average molecular weight is 411 g/mol. The minimum absolute atomic E-state index is 0.0584. The summed E-state index contributed by atoms with van der Waals surface area (Å²) < 4.78 is 32.9. The van der Waals surface area contributed by atoms with E-state index in [1.807, 2.05) is 38.1 Å². The van der Waals surface area contributed by atoms with E-state index in [0.29, 0.717) is 22.1 Å². The van der Waals surface area contributed by atoms with E-state index in [2.05, 4.69) is 16.0 Å². The second-order valence-electron chi connectivity index (χ2n) is 6.62. The van der Waals surface area contributed by atoms with Crippen molar-refractivity contribution >= 4 is 11.8 Å². The number of hydrogen-bond acceptors (Lipinski definition) is 5. The van der Waals surface area contributed by atoms with Gasteiger partial charge in [-0.25, -0.2) is 18.7 Å². The quantitative estimate of drug-likeness (QED) is 0.386. The standard InChI is InChI=1S/C22H19F2N3OS/c1-13(2)28-17-9-7-15(8-10-17)21-18(11-25)14(3)26-22(27-21)29-12-16-5-4-6-19(23)20(16)24/h4-10,13H,12H2,1-3H3. The molecule has 7 heteroatoms. The summed E-state index contributed by atoms with van der Waals surface area (Å²) >= 11 is 1.19. The summed E-state index contributed by atoms with van der Waals surface area (Å²) in [6, 6.07) is 13.5. The van der Waals surface area contributed by atoms with Crippen LogP contribution in [-0.4, -0.2) is 16.1 Å². The lowest BCUT2D eigenvalue weighted by atomic mass is 10.1. The Morgan fingerprint density at radius 1 is 1.10 bits per heavy atom. The lowest BCUT2D eigenvalue weighted by Gasteiger charge is -2.12. The van der Waals surface area contributed by atoms with Gasteiger partial charge >= 0.3 is 0 Å². The molecule has 0 bridgehead atoms. The molecule has 0 aliphatic heterocycles. The maximum Gasteiger partial charge on any atom is 0.188 e. The second-order valence-corrected chi connectivity index (χ2v) is 7.56. The van der Waals surface area contributed by atoms with Crippen molar-refractivity contribution in [3.8, 4) is 23.1 Å². The third-order valence-corrected chi connectivity index (χ3v) is 4.97. The summed E-state index contributed by atoms with van der Waals surface area (Å²) in [4.78, 5) is 8.85.